The Balaban J connectivity index is 1.79. The molecule has 3 aromatic carbocycles. The Morgan fingerprint density at radius 2 is 1.22 bits per heavy atom. The van der Waals surface area contributed by atoms with Gasteiger partial charge in [0.25, 0.3) is 17.7 Å². The van der Waals surface area contributed by atoms with Crippen LogP contribution < -0.4 is 4.74 Å². The predicted octanol–water partition coefficient (Wildman–Crippen LogP) is 6.50. The van der Waals surface area contributed by atoms with E-state index in [9.17, 15) is 19.2 Å². The molecule has 0 N–H and O–H groups in total. The van der Waals surface area contributed by atoms with Crippen molar-refractivity contribution >= 4 is 81.5 Å². The number of ketones is 1. The summed E-state index contributed by atoms with van der Waals surface area (Å²) in [4.78, 5) is 53.4. The molecule has 7 nitrogen and oxygen atoms in total. The van der Waals surface area contributed by atoms with Gasteiger partial charge in [-0.2, -0.15) is 5.01 Å². The van der Waals surface area contributed by atoms with Gasteiger partial charge in [0.05, 0.1) is 38.3 Å². The molecule has 1 aliphatic heterocycles. The highest BCUT2D eigenvalue weighted by atomic mass is 35.5. The van der Waals surface area contributed by atoms with E-state index >= 15 is 0 Å². The summed E-state index contributed by atoms with van der Waals surface area (Å²) in [6, 6.07) is 11.8. The summed E-state index contributed by atoms with van der Waals surface area (Å²) in [5.41, 5.74) is -0.381. The fourth-order valence-corrected chi connectivity index (χ4v) is 4.68. The van der Waals surface area contributed by atoms with Gasteiger partial charge < -0.3 is 4.74 Å². The Bertz CT molecular complexity index is 1380. The number of Topliss-reactive ketones (excluding diaryl/α,β-unsaturated/α-hetero) is 1. The first-order valence-electron chi connectivity index (χ1n) is 10.1. The third kappa shape index (κ3) is 4.53. The number of hydrogen-bond acceptors (Lipinski definition) is 5. The number of imide groups is 1. The fourth-order valence-electron chi connectivity index (χ4n) is 3.54. The van der Waals surface area contributed by atoms with E-state index in [2.05, 4.69) is 0 Å². The van der Waals surface area contributed by atoms with Crippen molar-refractivity contribution in [1.29, 1.82) is 0 Å². The molecule has 0 unspecified atom stereocenters. The van der Waals surface area contributed by atoms with E-state index in [0.717, 1.165) is 5.01 Å². The smallest absolute Gasteiger partial charge is 0.282 e. The molecule has 0 spiro atoms. The number of carbonyl (C=O) groups is 4. The van der Waals surface area contributed by atoms with E-state index in [-0.39, 0.29) is 42.3 Å². The van der Waals surface area contributed by atoms with Crippen LogP contribution in [0.5, 0.6) is 5.75 Å². The van der Waals surface area contributed by atoms with Crippen molar-refractivity contribution < 1.29 is 23.9 Å². The monoisotopic (exact) mass is 584 g/mol. The number of fused-ring (bicyclic) bond motifs is 1. The van der Waals surface area contributed by atoms with Gasteiger partial charge in [-0.25, -0.2) is 5.01 Å². The molecule has 4 rings (SSSR count). The highest BCUT2D eigenvalue weighted by molar-refractivity contribution is 6.55. The Kier molecular flexibility index (Phi) is 7.50. The molecule has 0 saturated carbocycles. The van der Waals surface area contributed by atoms with Crippen molar-refractivity contribution in [2.45, 2.75) is 0 Å². The van der Waals surface area contributed by atoms with Crippen LogP contribution >= 0.6 is 58.0 Å². The van der Waals surface area contributed by atoms with E-state index in [1.807, 2.05) is 0 Å². The molecule has 36 heavy (non-hydrogen) atoms. The van der Waals surface area contributed by atoms with Crippen molar-refractivity contribution in [3.05, 3.63) is 95.9 Å². The van der Waals surface area contributed by atoms with E-state index in [1.165, 1.54) is 43.5 Å². The van der Waals surface area contributed by atoms with Gasteiger partial charge in [0.1, 0.15) is 12.3 Å². The Labute approximate surface area is 229 Å². The van der Waals surface area contributed by atoms with Crippen molar-refractivity contribution in [3.63, 3.8) is 0 Å². The molecule has 12 heteroatoms. The number of ether oxygens (including phenoxy) is 1. The lowest BCUT2D eigenvalue weighted by atomic mass is 10.1. The van der Waals surface area contributed by atoms with Crippen LogP contribution in [-0.2, 0) is 0 Å². The molecule has 3 amide bonds. The fraction of sp³-hybridized carbons (Fsp3) is 0.0833. The zero-order valence-corrected chi connectivity index (χ0v) is 21.9. The first-order chi connectivity index (χ1) is 17.1. The van der Waals surface area contributed by atoms with Gasteiger partial charge in [-0.1, -0.05) is 58.0 Å². The molecule has 0 aromatic heterocycles. The van der Waals surface area contributed by atoms with Gasteiger partial charge in [-0.3, -0.25) is 19.2 Å². The predicted molar refractivity (Wildman–Crippen MR) is 137 cm³/mol. The lowest BCUT2D eigenvalue weighted by Crippen LogP contribution is -2.51. The third-order valence-corrected chi connectivity index (χ3v) is 7.41. The molecule has 1 aliphatic rings. The maximum atomic E-state index is 13.5. The molecule has 0 radical (unpaired) electrons. The van der Waals surface area contributed by atoms with Gasteiger partial charge in [-0.15, -0.1) is 0 Å². The molecule has 0 saturated heterocycles. The SMILES string of the molecule is COc1ccc(C(=O)CN(C(=O)c2ccc(Cl)cc2)N2C(=O)c3c(Cl)c(Cl)c(Cl)c(Cl)c3C2=O)cc1. The second-order valence-electron chi connectivity index (χ2n) is 7.45. The zero-order chi connectivity index (χ0) is 26.3. The minimum absolute atomic E-state index is 0.0618. The molecule has 0 atom stereocenters. The maximum Gasteiger partial charge on any atom is 0.282 e. The Morgan fingerprint density at radius 1 is 0.750 bits per heavy atom. The number of rotatable bonds is 6. The molecule has 0 aliphatic carbocycles. The Morgan fingerprint density at radius 3 is 1.69 bits per heavy atom. The molecule has 184 valence electrons. The van der Waals surface area contributed by atoms with Crippen LogP contribution in [0.4, 0.5) is 0 Å². The third-order valence-electron chi connectivity index (χ3n) is 5.35. The van der Waals surface area contributed by atoms with Gasteiger partial charge in [-0.05, 0) is 48.5 Å². The average Bonchev–Trinajstić information content (AvgIpc) is 3.14. The number of carbonyl (C=O) groups excluding carboxylic acids is 4. The number of nitrogens with zero attached hydrogens (tertiary/aromatic N) is 2. The summed E-state index contributed by atoms with van der Waals surface area (Å²) in [6.45, 7) is -0.671. The van der Waals surface area contributed by atoms with Crippen LogP contribution in [-0.4, -0.2) is 47.2 Å². The van der Waals surface area contributed by atoms with E-state index in [1.54, 1.807) is 12.1 Å². The molecule has 0 fully saturated rings. The largest absolute Gasteiger partial charge is 0.497 e. The zero-order valence-electron chi connectivity index (χ0n) is 18.2. The minimum atomic E-state index is -0.995. The number of methoxy groups -OCH3 is 1. The quantitative estimate of drug-likeness (QED) is 0.143. The highest BCUT2D eigenvalue weighted by Gasteiger charge is 2.46. The first-order valence-corrected chi connectivity index (χ1v) is 11.9. The summed E-state index contributed by atoms with van der Waals surface area (Å²) in [6.07, 6.45) is 0. The highest BCUT2D eigenvalue weighted by Crippen LogP contribution is 2.45. The van der Waals surface area contributed by atoms with Crippen molar-refractivity contribution in [2.75, 3.05) is 13.7 Å². The standard InChI is InChI=1S/C24H13Cl5N2O5/c1-36-14-8-4-11(5-9-14)15(32)10-30(22(33)12-2-6-13(25)7-3-12)31-23(34)16-17(24(31)35)19(27)21(29)20(28)18(16)26/h2-9H,10H2,1H3. The second kappa shape index (κ2) is 10.3. The van der Waals surface area contributed by atoms with Crippen molar-refractivity contribution in [3.8, 4) is 5.75 Å². The maximum absolute atomic E-state index is 13.5. The van der Waals surface area contributed by atoms with Gasteiger partial charge in [0, 0.05) is 16.1 Å². The van der Waals surface area contributed by atoms with Crippen LogP contribution in [0.15, 0.2) is 48.5 Å². The molecular weight excluding hydrogens is 574 g/mol. The van der Waals surface area contributed by atoms with Crippen molar-refractivity contribution in [1.82, 2.24) is 10.0 Å². The van der Waals surface area contributed by atoms with Crippen molar-refractivity contribution in [2.24, 2.45) is 0 Å². The second-order valence-corrected chi connectivity index (χ2v) is 9.40. The lowest BCUT2D eigenvalue weighted by Gasteiger charge is -2.29. The van der Waals surface area contributed by atoms with Gasteiger partial charge >= 0.3 is 0 Å². The molecule has 3 aromatic rings. The van der Waals surface area contributed by atoms with Crippen LogP contribution in [0.1, 0.15) is 41.4 Å². The lowest BCUT2D eigenvalue weighted by molar-refractivity contribution is 0.00532. The van der Waals surface area contributed by atoms with E-state index in [0.29, 0.717) is 15.8 Å². The Hall–Kier alpha value is -2.81. The van der Waals surface area contributed by atoms with Crippen LogP contribution in [0, 0.1) is 0 Å². The molecular formula is C24H13Cl5N2O5. The van der Waals surface area contributed by atoms with Gasteiger partial charge in [0.2, 0.25) is 0 Å². The first kappa shape index (κ1) is 26.3. The average molecular weight is 587 g/mol. The summed E-state index contributed by atoms with van der Waals surface area (Å²) in [5, 5.41) is 0.521. The number of hydrogen-bond donors (Lipinski definition) is 0. The van der Waals surface area contributed by atoms with Crippen LogP contribution in [0.3, 0.4) is 0 Å². The van der Waals surface area contributed by atoms with E-state index in [4.69, 9.17) is 62.7 Å². The van der Waals surface area contributed by atoms with Gasteiger partial charge in [0.15, 0.2) is 5.78 Å². The minimum Gasteiger partial charge on any atom is -0.497 e. The summed E-state index contributed by atoms with van der Waals surface area (Å²) in [7, 11) is 1.47. The molecule has 0 bridgehead atoms. The summed E-state index contributed by atoms with van der Waals surface area (Å²) >= 11 is 30.5. The molecule has 1 heterocycles. The van der Waals surface area contributed by atoms with E-state index < -0.39 is 30.0 Å². The number of hydrazine groups is 1. The number of benzene rings is 3. The van der Waals surface area contributed by atoms with Crippen LogP contribution in [0.25, 0.3) is 0 Å². The summed E-state index contributed by atoms with van der Waals surface area (Å²) in [5.74, 6) is -2.87. The normalized spacial score (nSPS) is 12.6. The summed E-state index contributed by atoms with van der Waals surface area (Å²) < 4.78 is 5.09. The number of amides is 3. The topological polar surface area (TPSA) is 84.0 Å². The van der Waals surface area contributed by atoms with Crippen LogP contribution in [0.2, 0.25) is 25.1 Å². The number of halogens is 5.